The van der Waals surface area contributed by atoms with Crippen molar-refractivity contribution in [3.8, 4) is 0 Å². The highest BCUT2D eigenvalue weighted by Crippen LogP contribution is 2.24. The van der Waals surface area contributed by atoms with E-state index < -0.39 is 34.7 Å². The van der Waals surface area contributed by atoms with Gasteiger partial charge in [-0.1, -0.05) is 0 Å². The lowest BCUT2D eigenvalue weighted by Crippen LogP contribution is -2.46. The zero-order chi connectivity index (χ0) is 39.7. The van der Waals surface area contributed by atoms with E-state index in [4.69, 9.17) is 36.0 Å². The first-order valence-corrected chi connectivity index (χ1v) is 22.1. The molecule has 54 heavy (non-hydrogen) atoms. The van der Waals surface area contributed by atoms with Gasteiger partial charge in [-0.25, -0.2) is 9.59 Å². The summed E-state index contributed by atoms with van der Waals surface area (Å²) in [7, 11) is -5.70. The predicted molar refractivity (Wildman–Crippen MR) is 205 cm³/mol. The van der Waals surface area contributed by atoms with E-state index in [0.717, 1.165) is 0 Å². The molecule has 18 nitrogen and oxygen atoms in total. The first-order valence-electron chi connectivity index (χ1n) is 18.2. The van der Waals surface area contributed by atoms with E-state index in [2.05, 4.69) is 20.9 Å². The Hall–Kier alpha value is -4.03. The zero-order valence-electron chi connectivity index (χ0n) is 32.2. The number of alkyl carbamates (subject to hydrolysis) is 2. The van der Waals surface area contributed by atoms with Crippen LogP contribution in [0.2, 0.25) is 12.1 Å². The first-order chi connectivity index (χ1) is 26.1. The summed E-state index contributed by atoms with van der Waals surface area (Å²) < 4.78 is 46.2. The molecule has 0 saturated carbocycles. The molecule has 2 aromatic rings. The number of amides is 2. The minimum absolute atomic E-state index is 0.0491. The highest BCUT2D eigenvalue weighted by molar-refractivity contribution is 6.61. The molecule has 0 aliphatic carbocycles. The van der Waals surface area contributed by atoms with Crippen LogP contribution < -0.4 is 15.5 Å². The van der Waals surface area contributed by atoms with Crippen LogP contribution in [0, 0.1) is 10.1 Å². The summed E-state index contributed by atoms with van der Waals surface area (Å²) in [6.07, 6.45) is -0.235. The molecule has 0 bridgehead atoms. The number of rotatable bonds is 28. The number of anilines is 1. The number of nitrogens with one attached hydrogen (secondary N) is 2. The number of hydrogen-bond acceptors (Lipinski definition) is 15. The summed E-state index contributed by atoms with van der Waals surface area (Å²) >= 11 is 0. The Morgan fingerprint density at radius 3 is 1.31 bits per heavy atom. The van der Waals surface area contributed by atoms with Gasteiger partial charge in [-0.05, 0) is 90.8 Å². The molecule has 2 aromatic carbocycles. The van der Waals surface area contributed by atoms with Crippen LogP contribution in [-0.4, -0.2) is 101 Å². The topological polar surface area (TPSA) is 203 Å². The normalized spacial score (nSPS) is 11.7. The van der Waals surface area contributed by atoms with Gasteiger partial charge in [-0.3, -0.25) is 10.1 Å². The molecule has 0 heterocycles. The van der Waals surface area contributed by atoms with Gasteiger partial charge in [-0.15, -0.1) is 0 Å². The summed E-state index contributed by atoms with van der Waals surface area (Å²) in [5.41, 5.74) is 1.44. The van der Waals surface area contributed by atoms with E-state index in [1.807, 2.05) is 41.5 Å². The maximum absolute atomic E-state index is 12.7. The number of hydrogen-bond donors (Lipinski definition) is 2. The van der Waals surface area contributed by atoms with Crippen molar-refractivity contribution in [3.63, 3.8) is 0 Å². The van der Waals surface area contributed by atoms with Gasteiger partial charge >= 0.3 is 29.8 Å². The predicted octanol–water partition coefficient (Wildman–Crippen LogP) is 7.06. The van der Waals surface area contributed by atoms with Crippen LogP contribution in [0.5, 0.6) is 0 Å². The van der Waals surface area contributed by atoms with Crippen molar-refractivity contribution < 1.29 is 50.5 Å². The Balaban J connectivity index is 2.04. The van der Waals surface area contributed by atoms with Crippen LogP contribution in [0.3, 0.4) is 0 Å². The number of benzene rings is 2. The fourth-order valence-corrected chi connectivity index (χ4v) is 10.3. The summed E-state index contributed by atoms with van der Waals surface area (Å²) in [6, 6.07) is 13.5. The van der Waals surface area contributed by atoms with Gasteiger partial charge in [0.25, 0.3) is 5.69 Å². The molecular weight excluding hydrogens is 741 g/mol. The molecule has 0 radical (unpaired) electrons. The van der Waals surface area contributed by atoms with Gasteiger partial charge in [-0.2, -0.15) is 10.2 Å². The minimum atomic E-state index is -2.85. The summed E-state index contributed by atoms with van der Waals surface area (Å²) in [5, 5.41) is 24.7. The first kappa shape index (κ1) is 46.1. The molecule has 0 fully saturated rings. The van der Waals surface area contributed by atoms with Crippen LogP contribution in [0.1, 0.15) is 54.4 Å². The number of nitro groups is 1. The second kappa shape index (κ2) is 25.9. The van der Waals surface area contributed by atoms with Crippen molar-refractivity contribution in [1.82, 2.24) is 10.6 Å². The van der Waals surface area contributed by atoms with E-state index in [1.165, 1.54) is 24.3 Å². The van der Waals surface area contributed by atoms with Crippen LogP contribution in [0.25, 0.3) is 0 Å². The van der Waals surface area contributed by atoms with Crippen molar-refractivity contribution in [2.75, 3.05) is 71.1 Å². The van der Waals surface area contributed by atoms with Gasteiger partial charge in [0, 0.05) is 82.6 Å². The lowest BCUT2D eigenvalue weighted by atomic mass is 10.2. The fraction of sp³-hybridized carbons (Fsp3) is 0.588. The van der Waals surface area contributed by atoms with Gasteiger partial charge in [0.15, 0.2) is 13.5 Å². The number of carbonyl (C=O) groups excluding carboxylic acids is 2. The third kappa shape index (κ3) is 17.0. The molecule has 0 spiro atoms. The largest absolute Gasteiger partial charge is 0.500 e. The number of nitrogens with zero attached hydrogens (tertiary/aromatic N) is 4. The molecule has 0 aromatic heterocycles. The molecule has 0 aliphatic rings. The fourth-order valence-electron chi connectivity index (χ4n) is 5.04. The average molecular weight is 797 g/mol. The standard InChI is InChI=1S/C34H56N6O12Si2/c1-7-47-53(48-8-2,49-9-3)25-13-23-35-33(41)45-27-39(28-46-34(42)36-24-14-26-54(50-10-4,51-11-5)52-12-6)31-19-15-29(16-20-31)37-38-30-17-21-32(22-18-30)40(43)44/h15-22H,7-14,23-28H2,1-6H3,(H,35,41)(H,36,42). The Kier molecular flexibility index (Phi) is 22.1. The minimum Gasteiger partial charge on any atom is -0.428 e. The second-order valence-electron chi connectivity index (χ2n) is 11.2. The Bertz CT molecular complexity index is 1320. The second-order valence-corrected chi connectivity index (χ2v) is 16.6. The van der Waals surface area contributed by atoms with Crippen molar-refractivity contribution in [2.24, 2.45) is 10.2 Å². The zero-order valence-corrected chi connectivity index (χ0v) is 34.2. The molecule has 20 heteroatoms. The van der Waals surface area contributed by atoms with Crippen LogP contribution in [-0.2, 0) is 36.0 Å². The number of carbonyl (C=O) groups is 2. The summed E-state index contributed by atoms with van der Waals surface area (Å²) in [6.45, 7) is 14.2. The molecule has 0 saturated heterocycles. The Morgan fingerprint density at radius 2 is 0.981 bits per heavy atom. The van der Waals surface area contributed by atoms with E-state index in [0.29, 0.717) is 94.7 Å². The third-order valence-electron chi connectivity index (χ3n) is 7.30. The van der Waals surface area contributed by atoms with Gasteiger partial charge in [0.2, 0.25) is 0 Å². The molecule has 0 atom stereocenters. The van der Waals surface area contributed by atoms with E-state index in [-0.39, 0.29) is 19.1 Å². The highest BCUT2D eigenvalue weighted by atomic mass is 28.4. The summed E-state index contributed by atoms with van der Waals surface area (Å²) in [5.74, 6) is 0. The molecule has 0 unspecified atom stereocenters. The average Bonchev–Trinajstić information content (AvgIpc) is 3.15. The Labute approximate surface area is 319 Å². The molecule has 2 rings (SSSR count). The lowest BCUT2D eigenvalue weighted by Gasteiger charge is -2.28. The van der Waals surface area contributed by atoms with Gasteiger partial charge in [0.1, 0.15) is 0 Å². The van der Waals surface area contributed by atoms with Crippen molar-refractivity contribution >= 4 is 52.5 Å². The van der Waals surface area contributed by atoms with E-state index in [9.17, 15) is 19.7 Å². The molecule has 2 N–H and O–H groups in total. The van der Waals surface area contributed by atoms with Crippen molar-refractivity contribution in [3.05, 3.63) is 58.6 Å². The van der Waals surface area contributed by atoms with Crippen LogP contribution >= 0.6 is 0 Å². The molecule has 302 valence electrons. The molecular formula is C34H56N6O12Si2. The lowest BCUT2D eigenvalue weighted by molar-refractivity contribution is -0.384. The number of ether oxygens (including phenoxy) is 2. The van der Waals surface area contributed by atoms with Crippen LogP contribution in [0.15, 0.2) is 58.8 Å². The molecule has 0 aliphatic heterocycles. The number of non-ortho nitro benzene ring substituents is 1. The smallest absolute Gasteiger partial charge is 0.428 e. The SMILES string of the molecule is CCO[Si](CCCNC(=O)OCN(COC(=O)NCCC[Si](OCC)(OCC)OCC)c1ccc(N=Nc2ccc([N+](=O)[O-])cc2)cc1)(OCC)OCC. The van der Waals surface area contributed by atoms with Crippen molar-refractivity contribution in [2.45, 2.75) is 66.5 Å². The highest BCUT2D eigenvalue weighted by Gasteiger charge is 2.40. The van der Waals surface area contributed by atoms with Crippen molar-refractivity contribution in [1.29, 1.82) is 0 Å². The maximum atomic E-state index is 12.7. The number of azo groups is 1. The molecule has 2 amide bonds. The Morgan fingerprint density at radius 1 is 0.630 bits per heavy atom. The monoisotopic (exact) mass is 796 g/mol. The van der Waals surface area contributed by atoms with E-state index >= 15 is 0 Å². The van der Waals surface area contributed by atoms with Gasteiger partial charge < -0.3 is 51.6 Å². The third-order valence-corrected chi connectivity index (χ3v) is 13.6. The van der Waals surface area contributed by atoms with Crippen LogP contribution in [0.4, 0.5) is 32.3 Å². The van der Waals surface area contributed by atoms with E-state index in [1.54, 1.807) is 29.2 Å². The number of nitro benzene ring substituents is 1. The maximum Gasteiger partial charge on any atom is 0.500 e. The van der Waals surface area contributed by atoms with Gasteiger partial charge in [0.05, 0.1) is 16.3 Å². The summed E-state index contributed by atoms with van der Waals surface area (Å²) in [4.78, 5) is 37.4. The quantitative estimate of drug-likeness (QED) is 0.0221.